The summed E-state index contributed by atoms with van der Waals surface area (Å²) in [7, 11) is 0. The van der Waals surface area contributed by atoms with E-state index in [0.717, 1.165) is 19.9 Å². The zero-order valence-electron chi connectivity index (χ0n) is 9.82. The monoisotopic (exact) mass is 359 g/mol. The topological polar surface area (TPSA) is 49.3 Å². The second-order valence-electron chi connectivity index (χ2n) is 3.92. The average molecular weight is 361 g/mol. The molecule has 1 aromatic carbocycles. The lowest BCUT2D eigenvalue weighted by molar-refractivity contribution is -0.136. The van der Waals surface area contributed by atoms with Crippen LogP contribution in [-0.4, -0.2) is 11.1 Å². The van der Waals surface area contributed by atoms with Gasteiger partial charge in [-0.05, 0) is 30.3 Å². The lowest BCUT2D eigenvalue weighted by Crippen LogP contribution is -1.98. The maximum absolute atomic E-state index is 10.6. The van der Waals surface area contributed by atoms with E-state index in [1.807, 2.05) is 30.3 Å². The second kappa shape index (κ2) is 6.41. The number of carboxylic acids is 1. The van der Waals surface area contributed by atoms with Crippen LogP contribution in [-0.2, 0) is 17.8 Å². The average Bonchev–Trinajstić information content (AvgIpc) is 2.77. The van der Waals surface area contributed by atoms with Crippen molar-refractivity contribution in [2.75, 3.05) is 5.32 Å². The number of halogens is 2. The molecule has 2 aromatic rings. The third-order valence-corrected chi connectivity index (χ3v) is 4.33. The van der Waals surface area contributed by atoms with Crippen molar-refractivity contribution in [3.8, 4) is 0 Å². The Labute approximate surface area is 128 Å². The molecule has 0 aliphatic carbocycles. The molecule has 0 unspecified atom stereocenters. The van der Waals surface area contributed by atoms with Crippen molar-refractivity contribution in [1.82, 2.24) is 0 Å². The van der Waals surface area contributed by atoms with E-state index < -0.39 is 5.97 Å². The molecule has 1 aromatic heterocycles. The Bertz CT molecular complexity index is 600. The van der Waals surface area contributed by atoms with Gasteiger partial charge in [-0.25, -0.2) is 0 Å². The molecule has 3 nitrogen and oxygen atoms in total. The number of rotatable bonds is 5. The minimum Gasteiger partial charge on any atom is -0.481 e. The van der Waals surface area contributed by atoms with Crippen LogP contribution < -0.4 is 5.32 Å². The number of aliphatic carboxylic acids is 1. The molecule has 19 heavy (non-hydrogen) atoms. The lowest BCUT2D eigenvalue weighted by atomic mass is 10.3. The first kappa shape index (κ1) is 14.4. The van der Waals surface area contributed by atoms with Crippen molar-refractivity contribution in [2.24, 2.45) is 0 Å². The van der Waals surface area contributed by atoms with Crippen molar-refractivity contribution in [1.29, 1.82) is 0 Å². The van der Waals surface area contributed by atoms with Gasteiger partial charge >= 0.3 is 5.97 Å². The molecular weight excluding hydrogens is 350 g/mol. The highest BCUT2D eigenvalue weighted by molar-refractivity contribution is 9.10. The minimum atomic E-state index is -0.809. The first-order chi connectivity index (χ1) is 9.04. The Balaban J connectivity index is 2.00. The van der Waals surface area contributed by atoms with Crippen LogP contribution in [0, 0.1) is 0 Å². The Hall–Kier alpha value is -1.04. The van der Waals surface area contributed by atoms with E-state index >= 15 is 0 Å². The summed E-state index contributed by atoms with van der Waals surface area (Å²) >= 11 is 11.0. The van der Waals surface area contributed by atoms with Gasteiger partial charge in [0, 0.05) is 20.8 Å². The quantitative estimate of drug-likeness (QED) is 0.830. The summed E-state index contributed by atoms with van der Waals surface area (Å²) in [6, 6.07) is 9.39. The molecule has 0 bridgehead atoms. The van der Waals surface area contributed by atoms with Crippen molar-refractivity contribution in [3.63, 3.8) is 0 Å². The zero-order chi connectivity index (χ0) is 13.8. The summed E-state index contributed by atoms with van der Waals surface area (Å²) in [5, 5.41) is 12.6. The normalized spacial score (nSPS) is 10.4. The van der Waals surface area contributed by atoms with E-state index in [0.29, 0.717) is 11.6 Å². The molecule has 2 N–H and O–H groups in total. The van der Waals surface area contributed by atoms with E-state index in [4.69, 9.17) is 16.7 Å². The summed E-state index contributed by atoms with van der Waals surface area (Å²) in [6.07, 6.45) is 0.0717. The Kier molecular flexibility index (Phi) is 4.85. The predicted molar refractivity (Wildman–Crippen MR) is 82.1 cm³/mol. The molecule has 0 aliphatic heterocycles. The smallest absolute Gasteiger partial charge is 0.308 e. The lowest BCUT2D eigenvalue weighted by Gasteiger charge is -2.07. The molecule has 0 atom stereocenters. The van der Waals surface area contributed by atoms with Crippen LogP contribution in [0.15, 0.2) is 34.8 Å². The fourth-order valence-electron chi connectivity index (χ4n) is 1.58. The third-order valence-electron chi connectivity index (χ3n) is 2.42. The Morgan fingerprint density at radius 3 is 2.79 bits per heavy atom. The predicted octanol–water partition coefficient (Wildman–Crippen LogP) is 4.40. The van der Waals surface area contributed by atoms with Crippen molar-refractivity contribution in [3.05, 3.63) is 49.6 Å². The van der Waals surface area contributed by atoms with Crippen LogP contribution in [0.1, 0.15) is 9.75 Å². The number of hydrogen-bond acceptors (Lipinski definition) is 3. The standard InChI is InChI=1S/C13H11BrClNO2S/c14-8-1-4-11(15)12(5-8)16-7-10-3-2-9(19-10)6-13(17)18/h1-5,16H,6-7H2,(H,17,18). The molecule has 2 rings (SSSR count). The highest BCUT2D eigenvalue weighted by atomic mass is 79.9. The number of hydrogen-bond donors (Lipinski definition) is 2. The van der Waals surface area contributed by atoms with Gasteiger partial charge in [-0.15, -0.1) is 11.3 Å². The minimum absolute atomic E-state index is 0.0717. The molecule has 0 radical (unpaired) electrons. The maximum Gasteiger partial charge on any atom is 0.308 e. The molecule has 0 saturated carbocycles. The van der Waals surface area contributed by atoms with E-state index in [-0.39, 0.29) is 6.42 Å². The van der Waals surface area contributed by atoms with Gasteiger partial charge in [0.05, 0.1) is 17.1 Å². The number of benzene rings is 1. The molecular formula is C13H11BrClNO2S. The number of carbonyl (C=O) groups is 1. The number of thiophene rings is 1. The molecule has 0 aliphatic rings. The van der Waals surface area contributed by atoms with Crippen LogP contribution in [0.2, 0.25) is 5.02 Å². The number of nitrogens with one attached hydrogen (secondary N) is 1. The van der Waals surface area contributed by atoms with Gasteiger partial charge in [-0.2, -0.15) is 0 Å². The summed E-state index contributed by atoms with van der Waals surface area (Å²) in [5.74, 6) is -0.809. The van der Waals surface area contributed by atoms with Crippen molar-refractivity contribution in [2.45, 2.75) is 13.0 Å². The fraction of sp³-hybridized carbons (Fsp3) is 0.154. The second-order valence-corrected chi connectivity index (χ2v) is 6.49. The Morgan fingerprint density at radius 2 is 2.05 bits per heavy atom. The molecule has 1 heterocycles. The molecule has 100 valence electrons. The van der Waals surface area contributed by atoms with Crippen LogP contribution in [0.25, 0.3) is 0 Å². The summed E-state index contributed by atoms with van der Waals surface area (Å²) < 4.78 is 0.956. The molecule has 0 saturated heterocycles. The highest BCUT2D eigenvalue weighted by Gasteiger charge is 2.06. The molecule has 0 spiro atoms. The van der Waals surface area contributed by atoms with Gasteiger partial charge in [0.1, 0.15) is 0 Å². The van der Waals surface area contributed by atoms with E-state index in [1.165, 1.54) is 11.3 Å². The number of carboxylic acid groups (broad SMARTS) is 1. The van der Waals surface area contributed by atoms with Crippen LogP contribution in [0.3, 0.4) is 0 Å². The first-order valence-corrected chi connectivity index (χ1v) is 7.51. The van der Waals surface area contributed by atoms with Gasteiger partial charge in [-0.3, -0.25) is 4.79 Å². The van der Waals surface area contributed by atoms with Gasteiger partial charge in [0.25, 0.3) is 0 Å². The summed E-state index contributed by atoms with van der Waals surface area (Å²) in [4.78, 5) is 12.5. The fourth-order valence-corrected chi connectivity index (χ4v) is 3.07. The first-order valence-electron chi connectivity index (χ1n) is 5.53. The van der Waals surface area contributed by atoms with E-state index in [1.54, 1.807) is 0 Å². The molecule has 6 heteroatoms. The van der Waals surface area contributed by atoms with E-state index in [2.05, 4.69) is 21.2 Å². The van der Waals surface area contributed by atoms with Gasteiger partial charge in [0.15, 0.2) is 0 Å². The van der Waals surface area contributed by atoms with E-state index in [9.17, 15) is 4.79 Å². The third kappa shape index (κ3) is 4.23. The van der Waals surface area contributed by atoms with Crippen LogP contribution >= 0.6 is 38.9 Å². The van der Waals surface area contributed by atoms with Gasteiger partial charge in [0.2, 0.25) is 0 Å². The summed E-state index contributed by atoms with van der Waals surface area (Å²) in [6.45, 7) is 0.625. The van der Waals surface area contributed by atoms with Crippen molar-refractivity contribution >= 4 is 50.5 Å². The molecule has 0 fully saturated rings. The van der Waals surface area contributed by atoms with Gasteiger partial charge < -0.3 is 10.4 Å². The van der Waals surface area contributed by atoms with Gasteiger partial charge in [-0.1, -0.05) is 27.5 Å². The zero-order valence-corrected chi connectivity index (χ0v) is 13.0. The maximum atomic E-state index is 10.6. The van der Waals surface area contributed by atoms with Crippen LogP contribution in [0.5, 0.6) is 0 Å². The van der Waals surface area contributed by atoms with Crippen molar-refractivity contribution < 1.29 is 9.90 Å². The largest absolute Gasteiger partial charge is 0.481 e. The SMILES string of the molecule is O=C(O)Cc1ccc(CNc2cc(Br)ccc2Cl)s1. The molecule has 0 amide bonds. The Morgan fingerprint density at radius 1 is 1.32 bits per heavy atom. The number of anilines is 1. The summed E-state index contributed by atoms with van der Waals surface area (Å²) in [5.41, 5.74) is 0.851. The highest BCUT2D eigenvalue weighted by Crippen LogP contribution is 2.27. The van der Waals surface area contributed by atoms with Crippen LogP contribution in [0.4, 0.5) is 5.69 Å².